The first-order valence-electron chi connectivity index (χ1n) is 6.29. The van der Waals surface area contributed by atoms with E-state index in [-0.39, 0.29) is 11.8 Å². The van der Waals surface area contributed by atoms with Crippen LogP contribution >= 0.6 is 0 Å². The van der Waals surface area contributed by atoms with Crippen molar-refractivity contribution in [3.05, 3.63) is 35.4 Å². The van der Waals surface area contributed by atoms with Crippen molar-refractivity contribution >= 4 is 10.0 Å². The predicted octanol–water partition coefficient (Wildman–Crippen LogP) is 0.730. The maximum atomic E-state index is 12.0. The Labute approximate surface area is 113 Å². The van der Waals surface area contributed by atoms with Gasteiger partial charge >= 0.3 is 0 Å². The summed E-state index contributed by atoms with van der Waals surface area (Å²) in [5.74, 6) is -0.0843. The monoisotopic (exact) mass is 279 g/mol. The van der Waals surface area contributed by atoms with Gasteiger partial charge in [0.05, 0.1) is 17.4 Å². The zero-order valence-electron chi connectivity index (χ0n) is 10.6. The van der Waals surface area contributed by atoms with Crippen LogP contribution in [0.5, 0.6) is 0 Å². The van der Waals surface area contributed by atoms with Crippen molar-refractivity contribution in [1.82, 2.24) is 10.0 Å². The van der Waals surface area contributed by atoms with Crippen molar-refractivity contribution in [2.24, 2.45) is 0 Å². The Kier molecular flexibility index (Phi) is 4.53. The second-order valence-electron chi connectivity index (χ2n) is 4.73. The van der Waals surface area contributed by atoms with Crippen molar-refractivity contribution in [2.75, 3.05) is 13.1 Å². The molecule has 1 aliphatic heterocycles. The van der Waals surface area contributed by atoms with Crippen LogP contribution in [0.2, 0.25) is 0 Å². The fourth-order valence-corrected chi connectivity index (χ4v) is 3.61. The first-order valence-corrected chi connectivity index (χ1v) is 7.94. The van der Waals surface area contributed by atoms with E-state index in [9.17, 15) is 8.42 Å². The van der Waals surface area contributed by atoms with Crippen LogP contribution in [0.25, 0.3) is 0 Å². The number of nitrogens with one attached hydrogen (secondary N) is 2. The standard InChI is InChI=1S/C13H17N3O2S/c14-8-11-3-1-4-12(7-11)10-19(17,18)16-13-5-2-6-15-9-13/h1,3-4,7,13,15-16H,2,5-6,9-10H2/t13-/m0/s1. The Morgan fingerprint density at radius 2 is 2.32 bits per heavy atom. The van der Waals surface area contributed by atoms with Gasteiger partial charge in [-0.1, -0.05) is 12.1 Å². The van der Waals surface area contributed by atoms with E-state index in [1.165, 1.54) is 0 Å². The predicted molar refractivity (Wildman–Crippen MR) is 72.8 cm³/mol. The van der Waals surface area contributed by atoms with Gasteiger partial charge in [0.2, 0.25) is 10.0 Å². The average molecular weight is 279 g/mol. The van der Waals surface area contributed by atoms with Gasteiger partial charge in [-0.05, 0) is 37.1 Å². The van der Waals surface area contributed by atoms with E-state index in [1.807, 2.05) is 6.07 Å². The molecule has 0 saturated carbocycles. The summed E-state index contributed by atoms with van der Waals surface area (Å²) in [5, 5.41) is 12.0. The van der Waals surface area contributed by atoms with Gasteiger partial charge in [-0.15, -0.1) is 0 Å². The summed E-state index contributed by atoms with van der Waals surface area (Å²) >= 11 is 0. The normalized spacial score (nSPS) is 19.8. The van der Waals surface area contributed by atoms with Crippen LogP contribution in [0.15, 0.2) is 24.3 Å². The molecule has 2 rings (SSSR count). The third kappa shape index (κ3) is 4.31. The number of sulfonamides is 1. The summed E-state index contributed by atoms with van der Waals surface area (Å²) < 4.78 is 26.8. The molecule has 0 spiro atoms. The van der Waals surface area contributed by atoms with Crippen molar-refractivity contribution in [3.63, 3.8) is 0 Å². The van der Waals surface area contributed by atoms with Gasteiger partial charge in [-0.25, -0.2) is 13.1 Å². The quantitative estimate of drug-likeness (QED) is 0.851. The molecule has 6 heteroatoms. The Bertz CT molecular complexity index is 572. The molecule has 0 aromatic heterocycles. The van der Waals surface area contributed by atoms with Crippen molar-refractivity contribution in [1.29, 1.82) is 5.26 Å². The SMILES string of the molecule is N#Cc1cccc(CS(=O)(=O)N[C@H]2CCCNC2)c1. The molecule has 102 valence electrons. The average Bonchev–Trinajstić information content (AvgIpc) is 2.39. The van der Waals surface area contributed by atoms with Crippen LogP contribution in [-0.2, 0) is 15.8 Å². The molecule has 0 aliphatic carbocycles. The smallest absolute Gasteiger partial charge is 0.216 e. The molecular weight excluding hydrogens is 262 g/mol. The lowest BCUT2D eigenvalue weighted by molar-refractivity contribution is 0.428. The van der Waals surface area contributed by atoms with E-state index in [0.717, 1.165) is 19.4 Å². The second-order valence-corrected chi connectivity index (χ2v) is 6.49. The largest absolute Gasteiger partial charge is 0.315 e. The molecule has 5 nitrogen and oxygen atoms in total. The van der Waals surface area contributed by atoms with Gasteiger partial charge in [-0.2, -0.15) is 5.26 Å². The highest BCUT2D eigenvalue weighted by molar-refractivity contribution is 7.88. The third-order valence-electron chi connectivity index (χ3n) is 3.06. The lowest BCUT2D eigenvalue weighted by Gasteiger charge is -2.23. The van der Waals surface area contributed by atoms with Gasteiger partial charge in [0.15, 0.2) is 0 Å². The number of nitrogens with zero attached hydrogens (tertiary/aromatic N) is 1. The van der Waals surface area contributed by atoms with Crippen LogP contribution in [0.4, 0.5) is 0 Å². The third-order valence-corrected chi connectivity index (χ3v) is 4.46. The number of nitriles is 1. The molecule has 1 atom stereocenters. The molecule has 1 heterocycles. The zero-order chi connectivity index (χ0) is 13.7. The van der Waals surface area contributed by atoms with Gasteiger partial charge in [0.1, 0.15) is 0 Å². The van der Waals surface area contributed by atoms with E-state index in [0.29, 0.717) is 17.7 Å². The Morgan fingerprint density at radius 1 is 1.47 bits per heavy atom. The van der Waals surface area contributed by atoms with Crippen molar-refractivity contribution in [3.8, 4) is 6.07 Å². The van der Waals surface area contributed by atoms with Crippen LogP contribution in [-0.4, -0.2) is 27.5 Å². The summed E-state index contributed by atoms with van der Waals surface area (Å²) in [6.07, 6.45) is 1.85. The maximum absolute atomic E-state index is 12.0. The van der Waals surface area contributed by atoms with E-state index in [4.69, 9.17) is 5.26 Å². The molecule has 0 bridgehead atoms. The van der Waals surface area contributed by atoms with Gasteiger partial charge in [0.25, 0.3) is 0 Å². The fourth-order valence-electron chi connectivity index (χ4n) is 2.20. The number of benzene rings is 1. The lowest BCUT2D eigenvalue weighted by atomic mass is 10.1. The Morgan fingerprint density at radius 3 is 3.00 bits per heavy atom. The maximum Gasteiger partial charge on any atom is 0.216 e. The van der Waals surface area contributed by atoms with Crippen LogP contribution in [0, 0.1) is 11.3 Å². The lowest BCUT2D eigenvalue weighted by Crippen LogP contribution is -2.45. The summed E-state index contributed by atoms with van der Waals surface area (Å²) in [6.45, 7) is 1.62. The molecule has 1 aliphatic rings. The molecule has 19 heavy (non-hydrogen) atoms. The van der Waals surface area contributed by atoms with Crippen LogP contribution in [0.1, 0.15) is 24.0 Å². The number of rotatable bonds is 4. The number of hydrogen-bond acceptors (Lipinski definition) is 4. The highest BCUT2D eigenvalue weighted by Gasteiger charge is 2.20. The van der Waals surface area contributed by atoms with E-state index < -0.39 is 10.0 Å². The van der Waals surface area contributed by atoms with E-state index in [2.05, 4.69) is 10.0 Å². The topological polar surface area (TPSA) is 82.0 Å². The highest BCUT2D eigenvalue weighted by Crippen LogP contribution is 2.10. The summed E-state index contributed by atoms with van der Waals surface area (Å²) in [5.41, 5.74) is 1.11. The fraction of sp³-hybridized carbons (Fsp3) is 0.462. The van der Waals surface area contributed by atoms with Crippen LogP contribution in [0.3, 0.4) is 0 Å². The Hall–Kier alpha value is -1.42. The van der Waals surface area contributed by atoms with E-state index in [1.54, 1.807) is 24.3 Å². The zero-order valence-corrected chi connectivity index (χ0v) is 11.4. The molecule has 1 fully saturated rings. The van der Waals surface area contributed by atoms with Crippen molar-refractivity contribution < 1.29 is 8.42 Å². The van der Waals surface area contributed by atoms with Gasteiger partial charge < -0.3 is 5.32 Å². The number of hydrogen-bond donors (Lipinski definition) is 2. The van der Waals surface area contributed by atoms with Gasteiger partial charge in [-0.3, -0.25) is 0 Å². The second kappa shape index (κ2) is 6.15. The molecule has 1 aromatic rings. The van der Waals surface area contributed by atoms with Crippen LogP contribution < -0.4 is 10.0 Å². The molecule has 0 unspecified atom stereocenters. The minimum Gasteiger partial charge on any atom is -0.315 e. The first kappa shape index (κ1) is 14.0. The number of piperidine rings is 1. The van der Waals surface area contributed by atoms with Crippen molar-refractivity contribution in [2.45, 2.75) is 24.6 Å². The highest BCUT2D eigenvalue weighted by atomic mass is 32.2. The molecule has 2 N–H and O–H groups in total. The molecule has 1 saturated heterocycles. The Balaban J connectivity index is 2.01. The minimum absolute atomic E-state index is 0.0297. The minimum atomic E-state index is -3.36. The summed E-state index contributed by atoms with van der Waals surface area (Å²) in [7, 11) is -3.36. The van der Waals surface area contributed by atoms with Gasteiger partial charge in [0, 0.05) is 12.6 Å². The summed E-state index contributed by atoms with van der Waals surface area (Å²) in [6, 6.07) is 8.67. The molecule has 0 radical (unpaired) electrons. The molecule has 1 aromatic carbocycles. The first-order chi connectivity index (χ1) is 9.09. The summed E-state index contributed by atoms with van der Waals surface area (Å²) in [4.78, 5) is 0. The molecule has 0 amide bonds. The molecular formula is C13H17N3O2S. The van der Waals surface area contributed by atoms with E-state index >= 15 is 0 Å².